The van der Waals surface area contributed by atoms with Crippen molar-refractivity contribution in [3.05, 3.63) is 46.6 Å². The number of thiophene rings is 1. The number of hydrogen-bond acceptors (Lipinski definition) is 5. The van der Waals surface area contributed by atoms with Gasteiger partial charge in [-0.2, -0.15) is 4.98 Å². The van der Waals surface area contributed by atoms with Gasteiger partial charge in [0.05, 0.1) is 16.1 Å². The highest BCUT2D eigenvalue weighted by Crippen LogP contribution is 2.32. The fourth-order valence-electron chi connectivity index (χ4n) is 3.30. The van der Waals surface area contributed by atoms with E-state index in [1.807, 2.05) is 42.6 Å². The van der Waals surface area contributed by atoms with E-state index in [4.69, 9.17) is 11.6 Å². The number of nitrogens with one attached hydrogen (secondary N) is 1. The number of piperidine rings is 1. The molecule has 1 aliphatic rings. The molecule has 134 valence electrons. The van der Waals surface area contributed by atoms with Gasteiger partial charge < -0.3 is 10.2 Å². The summed E-state index contributed by atoms with van der Waals surface area (Å²) in [6.45, 7) is 3.54. The zero-order valence-corrected chi connectivity index (χ0v) is 16.0. The van der Waals surface area contributed by atoms with E-state index in [1.165, 1.54) is 5.56 Å². The average molecular weight is 387 g/mol. The van der Waals surface area contributed by atoms with E-state index in [0.717, 1.165) is 41.1 Å². The first kappa shape index (κ1) is 17.2. The number of carbonyl (C=O) groups is 1. The van der Waals surface area contributed by atoms with Crippen LogP contribution in [0.5, 0.6) is 0 Å². The molecule has 1 atom stereocenters. The fraction of sp³-hybridized carbons (Fsp3) is 0.316. The van der Waals surface area contributed by atoms with Crippen molar-refractivity contribution in [3.8, 4) is 0 Å². The van der Waals surface area contributed by atoms with Gasteiger partial charge in [0.1, 0.15) is 0 Å². The molecule has 0 bridgehead atoms. The van der Waals surface area contributed by atoms with Gasteiger partial charge in [-0.3, -0.25) is 4.79 Å². The van der Waals surface area contributed by atoms with E-state index in [9.17, 15) is 4.79 Å². The van der Waals surface area contributed by atoms with Crippen LogP contribution in [0.4, 0.5) is 11.5 Å². The lowest BCUT2D eigenvalue weighted by Crippen LogP contribution is -2.41. The lowest BCUT2D eigenvalue weighted by atomic mass is 9.97. The number of fused-ring (bicyclic) bond motifs is 1. The Kier molecular flexibility index (Phi) is 4.78. The third-order valence-electron chi connectivity index (χ3n) is 4.67. The summed E-state index contributed by atoms with van der Waals surface area (Å²) in [4.78, 5) is 23.6. The van der Waals surface area contributed by atoms with E-state index < -0.39 is 0 Å². The molecule has 1 saturated heterocycles. The molecule has 4 rings (SSSR count). The Morgan fingerprint density at radius 3 is 2.88 bits per heavy atom. The Balaban J connectivity index is 1.52. The van der Waals surface area contributed by atoms with Crippen LogP contribution in [0.3, 0.4) is 0 Å². The quantitative estimate of drug-likeness (QED) is 0.673. The Morgan fingerprint density at radius 1 is 1.27 bits per heavy atom. The highest BCUT2D eigenvalue weighted by molar-refractivity contribution is 7.17. The second-order valence-corrected chi connectivity index (χ2v) is 7.85. The molecule has 26 heavy (non-hydrogen) atoms. The lowest BCUT2D eigenvalue weighted by Gasteiger charge is -2.33. The highest BCUT2D eigenvalue weighted by atomic mass is 35.5. The van der Waals surface area contributed by atoms with E-state index in [2.05, 4.69) is 20.2 Å². The molecule has 0 spiro atoms. The van der Waals surface area contributed by atoms with Crippen LogP contribution in [0, 0.1) is 12.8 Å². The van der Waals surface area contributed by atoms with E-state index >= 15 is 0 Å². The summed E-state index contributed by atoms with van der Waals surface area (Å²) in [6, 6.07) is 9.82. The molecule has 1 fully saturated rings. The zero-order valence-electron chi connectivity index (χ0n) is 14.4. The first-order chi connectivity index (χ1) is 12.6. The number of aromatic nitrogens is 2. The molecular formula is C19H19ClN4OS. The van der Waals surface area contributed by atoms with Gasteiger partial charge in [-0.25, -0.2) is 4.98 Å². The predicted octanol–water partition coefficient (Wildman–Crippen LogP) is 4.51. The van der Waals surface area contributed by atoms with Crippen molar-refractivity contribution in [2.24, 2.45) is 5.92 Å². The topological polar surface area (TPSA) is 58.1 Å². The molecule has 7 heteroatoms. The third kappa shape index (κ3) is 3.52. The van der Waals surface area contributed by atoms with Crippen molar-refractivity contribution in [2.75, 3.05) is 23.3 Å². The Labute approximate surface area is 161 Å². The molecular weight excluding hydrogens is 368 g/mol. The van der Waals surface area contributed by atoms with Crippen molar-refractivity contribution in [3.63, 3.8) is 0 Å². The minimum atomic E-state index is -0.0752. The highest BCUT2D eigenvalue weighted by Gasteiger charge is 2.28. The van der Waals surface area contributed by atoms with Gasteiger partial charge in [-0.15, -0.1) is 11.3 Å². The number of halogens is 1. The van der Waals surface area contributed by atoms with Gasteiger partial charge in [-0.1, -0.05) is 17.7 Å². The number of benzene rings is 1. The molecule has 5 nitrogen and oxygen atoms in total. The summed E-state index contributed by atoms with van der Waals surface area (Å²) < 4.78 is 1.02. The summed E-state index contributed by atoms with van der Waals surface area (Å²) in [7, 11) is 0. The monoisotopic (exact) mass is 386 g/mol. The van der Waals surface area contributed by atoms with Crippen molar-refractivity contribution >= 4 is 50.6 Å². The van der Waals surface area contributed by atoms with Gasteiger partial charge in [-0.05, 0) is 54.9 Å². The van der Waals surface area contributed by atoms with E-state index in [-0.39, 0.29) is 17.1 Å². The predicted molar refractivity (Wildman–Crippen MR) is 107 cm³/mol. The second kappa shape index (κ2) is 7.21. The average Bonchev–Trinajstić information content (AvgIpc) is 3.11. The van der Waals surface area contributed by atoms with Crippen molar-refractivity contribution in [1.29, 1.82) is 0 Å². The third-order valence-corrected chi connectivity index (χ3v) is 5.74. The van der Waals surface area contributed by atoms with Crippen LogP contribution in [0.1, 0.15) is 18.4 Å². The van der Waals surface area contributed by atoms with Crippen molar-refractivity contribution in [1.82, 2.24) is 9.97 Å². The van der Waals surface area contributed by atoms with Gasteiger partial charge in [0.15, 0.2) is 5.82 Å². The molecule has 1 aliphatic heterocycles. The minimum Gasteiger partial charge on any atom is -0.354 e. The standard InChI is InChI=1S/C19H19ClN4OS/c1-12-4-6-14(7-5-12)21-18(25)13-3-2-9-24(11-13)17-16-15(8-10-26-16)22-19(20)23-17/h4-8,10,13H,2-3,9,11H2,1H3,(H,21,25). The largest absolute Gasteiger partial charge is 0.354 e. The fourth-order valence-corrected chi connectivity index (χ4v) is 4.32. The van der Waals surface area contributed by atoms with Crippen LogP contribution < -0.4 is 10.2 Å². The lowest BCUT2D eigenvalue weighted by molar-refractivity contribution is -0.120. The number of hydrogen-bond donors (Lipinski definition) is 1. The number of amides is 1. The first-order valence-electron chi connectivity index (χ1n) is 8.63. The summed E-state index contributed by atoms with van der Waals surface area (Å²) in [5.41, 5.74) is 2.87. The van der Waals surface area contributed by atoms with Crippen LogP contribution in [0.15, 0.2) is 35.7 Å². The summed E-state index contributed by atoms with van der Waals surface area (Å²) in [5, 5.41) is 5.27. The molecule has 3 aromatic rings. The van der Waals surface area contributed by atoms with Crippen LogP contribution in [-0.4, -0.2) is 29.0 Å². The van der Waals surface area contributed by atoms with Crippen LogP contribution >= 0.6 is 22.9 Å². The maximum atomic E-state index is 12.7. The number of aryl methyl sites for hydroxylation is 1. The Bertz CT molecular complexity index is 940. The molecule has 3 heterocycles. The van der Waals surface area contributed by atoms with E-state index in [0.29, 0.717) is 6.54 Å². The van der Waals surface area contributed by atoms with Crippen molar-refractivity contribution in [2.45, 2.75) is 19.8 Å². The van der Waals surface area contributed by atoms with Crippen molar-refractivity contribution < 1.29 is 4.79 Å². The number of anilines is 2. The summed E-state index contributed by atoms with van der Waals surface area (Å²) >= 11 is 7.70. The maximum absolute atomic E-state index is 12.7. The summed E-state index contributed by atoms with van der Waals surface area (Å²) in [5.74, 6) is 0.817. The number of carbonyl (C=O) groups excluding carboxylic acids is 1. The number of nitrogens with zero attached hydrogens (tertiary/aromatic N) is 3. The second-order valence-electron chi connectivity index (χ2n) is 6.59. The smallest absolute Gasteiger partial charge is 0.229 e. The SMILES string of the molecule is Cc1ccc(NC(=O)C2CCCN(c3nc(Cl)nc4ccsc34)C2)cc1. The number of rotatable bonds is 3. The normalized spacial score (nSPS) is 17.5. The molecule has 0 saturated carbocycles. The van der Waals surface area contributed by atoms with Gasteiger partial charge in [0.25, 0.3) is 0 Å². The molecule has 2 aromatic heterocycles. The Morgan fingerprint density at radius 2 is 2.08 bits per heavy atom. The molecule has 0 aliphatic carbocycles. The van der Waals surface area contributed by atoms with Crippen LogP contribution in [0.2, 0.25) is 5.28 Å². The zero-order chi connectivity index (χ0) is 18.1. The minimum absolute atomic E-state index is 0.0566. The van der Waals surface area contributed by atoms with E-state index in [1.54, 1.807) is 11.3 Å². The van der Waals surface area contributed by atoms with Gasteiger partial charge >= 0.3 is 0 Å². The molecule has 0 radical (unpaired) electrons. The first-order valence-corrected chi connectivity index (χ1v) is 9.89. The molecule has 1 amide bonds. The van der Waals surface area contributed by atoms with Gasteiger partial charge in [0, 0.05) is 18.8 Å². The Hall–Kier alpha value is -2.18. The van der Waals surface area contributed by atoms with Crippen LogP contribution in [0.25, 0.3) is 10.2 Å². The van der Waals surface area contributed by atoms with Gasteiger partial charge in [0.2, 0.25) is 11.2 Å². The molecule has 1 aromatic carbocycles. The van der Waals surface area contributed by atoms with Crippen LogP contribution in [-0.2, 0) is 4.79 Å². The molecule has 1 N–H and O–H groups in total. The molecule has 1 unspecified atom stereocenters. The maximum Gasteiger partial charge on any atom is 0.229 e. The summed E-state index contributed by atoms with van der Waals surface area (Å²) in [6.07, 6.45) is 1.82.